The lowest BCUT2D eigenvalue weighted by Crippen LogP contribution is -2.18. The van der Waals surface area contributed by atoms with Crippen molar-refractivity contribution in [3.8, 4) is 45.8 Å². The zero-order chi connectivity index (χ0) is 45.2. The van der Waals surface area contributed by atoms with Gasteiger partial charge in [0.25, 0.3) is 0 Å². The Morgan fingerprint density at radius 2 is 0.762 bits per heavy atom. The van der Waals surface area contributed by atoms with Gasteiger partial charge in [-0.05, 0) is 87.1 Å². The van der Waals surface area contributed by atoms with E-state index in [1.807, 2.05) is 36.7 Å². The third kappa shape index (κ3) is 21.8. The second-order valence-corrected chi connectivity index (χ2v) is 31.6. The van der Waals surface area contributed by atoms with Gasteiger partial charge in [0, 0.05) is 27.3 Å². The third-order valence-electron chi connectivity index (χ3n) is 11.8. The minimum atomic E-state index is -1.03. The van der Waals surface area contributed by atoms with Crippen LogP contribution in [0.2, 0.25) is 51.4 Å². The van der Waals surface area contributed by atoms with Crippen LogP contribution in [0.25, 0.3) is 22.8 Å². The molecule has 0 fully saturated rings. The van der Waals surface area contributed by atoms with E-state index in [4.69, 9.17) is 34.1 Å². The molecule has 0 saturated carbocycles. The van der Waals surface area contributed by atoms with Gasteiger partial charge in [-0.15, -0.1) is 0 Å². The van der Waals surface area contributed by atoms with Crippen molar-refractivity contribution in [1.82, 2.24) is 19.9 Å². The highest BCUT2D eigenvalue weighted by Gasteiger charge is 2.18. The highest BCUT2D eigenvalue weighted by atomic mass is 28.3. The number of aryl methyl sites for hydroxylation is 2. The van der Waals surface area contributed by atoms with Crippen molar-refractivity contribution >= 4 is 16.1 Å². The van der Waals surface area contributed by atoms with Crippen LogP contribution in [0.3, 0.4) is 0 Å². The van der Waals surface area contributed by atoms with E-state index in [9.17, 15) is 0 Å². The molecule has 0 aliphatic heterocycles. The largest absolute Gasteiger partial charge is 0.494 e. The van der Waals surface area contributed by atoms with Gasteiger partial charge in [-0.2, -0.15) is 0 Å². The lowest BCUT2D eigenvalue weighted by atomic mass is 10.1. The Morgan fingerprint density at radius 1 is 0.413 bits per heavy atom. The van der Waals surface area contributed by atoms with E-state index in [0.717, 1.165) is 85.8 Å². The monoisotopic (exact) mass is 895 g/mol. The molecule has 0 bridgehead atoms. The Hall–Kier alpha value is -3.57. The van der Waals surface area contributed by atoms with E-state index in [0.29, 0.717) is 23.1 Å². The average Bonchev–Trinajstić information content (AvgIpc) is 3.26. The maximum atomic E-state index is 6.80. The predicted molar refractivity (Wildman–Crippen MR) is 273 cm³/mol. The lowest BCUT2D eigenvalue weighted by molar-refractivity contribution is 0.304. The summed E-state index contributed by atoms with van der Waals surface area (Å²) in [7, 11) is -2.07. The highest BCUT2D eigenvalue weighted by molar-refractivity contribution is 6.76. The van der Waals surface area contributed by atoms with E-state index in [1.54, 1.807) is 0 Å². The van der Waals surface area contributed by atoms with E-state index >= 15 is 0 Å². The Morgan fingerprint density at radius 3 is 1.14 bits per heavy atom. The van der Waals surface area contributed by atoms with Crippen LogP contribution in [-0.4, -0.2) is 49.3 Å². The van der Waals surface area contributed by atoms with Crippen LogP contribution in [0.5, 0.6) is 23.0 Å². The Bertz CT molecular complexity index is 1690. The van der Waals surface area contributed by atoms with Crippen molar-refractivity contribution < 1.29 is 14.2 Å². The second kappa shape index (κ2) is 29.1. The summed E-state index contributed by atoms with van der Waals surface area (Å²) in [6.45, 7) is 20.8. The minimum absolute atomic E-state index is 0.694. The van der Waals surface area contributed by atoms with E-state index in [2.05, 4.69) is 77.4 Å². The molecule has 0 unspecified atom stereocenters. The summed E-state index contributed by atoms with van der Waals surface area (Å²) in [6, 6.07) is 19.3. The normalized spacial score (nSPS) is 11.9. The van der Waals surface area contributed by atoms with Gasteiger partial charge in [-0.1, -0.05) is 168 Å². The summed E-state index contributed by atoms with van der Waals surface area (Å²) in [4.78, 5) is 20.1. The number of nitrogens with zero attached hydrogens (tertiary/aromatic N) is 4. The molecule has 2 aromatic heterocycles. The smallest absolute Gasteiger partial charge is 0.167 e. The number of hydrogen-bond donors (Lipinski definition) is 0. The maximum absolute atomic E-state index is 6.80. The van der Waals surface area contributed by atoms with Crippen molar-refractivity contribution in [1.29, 1.82) is 0 Å². The third-order valence-corrected chi connectivity index (χ3v) is 15.5. The second-order valence-electron chi connectivity index (χ2n) is 20.3. The van der Waals surface area contributed by atoms with Crippen molar-refractivity contribution in [2.24, 2.45) is 0 Å². The molecule has 0 amide bonds. The molecule has 0 spiro atoms. The number of ether oxygens (including phenoxy) is 3. The molecule has 0 atom stereocenters. The van der Waals surface area contributed by atoms with Gasteiger partial charge >= 0.3 is 0 Å². The van der Waals surface area contributed by atoms with Gasteiger partial charge in [0.15, 0.2) is 23.1 Å². The van der Waals surface area contributed by atoms with Gasteiger partial charge in [0.05, 0.1) is 37.0 Å². The van der Waals surface area contributed by atoms with Crippen molar-refractivity contribution in [2.75, 3.05) is 13.2 Å². The van der Waals surface area contributed by atoms with E-state index < -0.39 is 16.1 Å². The molecular weight excluding hydrogens is 809 g/mol. The van der Waals surface area contributed by atoms with E-state index in [-0.39, 0.29) is 0 Å². The first kappa shape index (κ1) is 52.1. The summed E-state index contributed by atoms with van der Waals surface area (Å²) < 4.78 is 19.0. The molecule has 0 aliphatic rings. The molecule has 2 heterocycles. The maximum Gasteiger partial charge on any atom is 0.167 e. The van der Waals surface area contributed by atoms with Gasteiger partial charge in [0.1, 0.15) is 11.5 Å². The molecule has 4 aromatic rings. The quantitative estimate of drug-likeness (QED) is 0.0341. The molecule has 9 heteroatoms. The zero-order valence-electron chi connectivity index (χ0n) is 41.2. The first-order chi connectivity index (χ1) is 30.4. The fourth-order valence-corrected chi connectivity index (χ4v) is 10.5. The molecule has 0 saturated heterocycles. The standard InChI is InChI=1S/C54H86N4O3Si2/c1-9-11-13-15-19-25-39-59-47-35-31-45(32-36-47)53-55-43-51(49(57-53)29-23-17-21-27-41-62(3,4)5)61-52-44-56-54(58-50(52)30-24-18-22-28-42-63(6,7)8)46-33-37-48(38-34-46)60-40-26-20-16-14-12-10-2/h31-38,43-44H,9-30,39-42H2,1-8H3. The van der Waals surface area contributed by atoms with Crippen LogP contribution in [0.15, 0.2) is 60.9 Å². The van der Waals surface area contributed by atoms with Gasteiger partial charge < -0.3 is 14.2 Å². The van der Waals surface area contributed by atoms with E-state index in [1.165, 1.54) is 115 Å². The number of rotatable bonds is 34. The van der Waals surface area contributed by atoms with Crippen LogP contribution >= 0.6 is 0 Å². The molecule has 7 nitrogen and oxygen atoms in total. The minimum Gasteiger partial charge on any atom is -0.494 e. The number of benzene rings is 2. The molecular formula is C54H86N4O3Si2. The molecule has 2 aromatic carbocycles. The molecule has 63 heavy (non-hydrogen) atoms. The molecule has 348 valence electrons. The topological polar surface area (TPSA) is 79.2 Å². The number of aromatic nitrogens is 4. The van der Waals surface area contributed by atoms with Crippen LogP contribution in [0.1, 0.15) is 154 Å². The van der Waals surface area contributed by atoms with Crippen LogP contribution in [0.4, 0.5) is 0 Å². The van der Waals surface area contributed by atoms with Gasteiger partial charge in [-0.3, -0.25) is 0 Å². The Balaban J connectivity index is 1.51. The van der Waals surface area contributed by atoms with Crippen molar-refractivity contribution in [3.05, 3.63) is 72.3 Å². The zero-order valence-corrected chi connectivity index (χ0v) is 43.2. The molecule has 0 aliphatic carbocycles. The summed E-state index contributed by atoms with van der Waals surface area (Å²) in [5.41, 5.74) is 3.83. The number of unbranched alkanes of at least 4 members (excludes halogenated alkanes) is 16. The fraction of sp³-hybridized carbons (Fsp3) is 0.630. The lowest BCUT2D eigenvalue weighted by Gasteiger charge is -2.16. The van der Waals surface area contributed by atoms with Gasteiger partial charge in [0.2, 0.25) is 0 Å². The van der Waals surface area contributed by atoms with Crippen molar-refractivity contribution in [3.63, 3.8) is 0 Å². The summed E-state index contributed by atoms with van der Waals surface area (Å²) in [5, 5.41) is 0. The Labute approximate surface area is 386 Å². The highest BCUT2D eigenvalue weighted by Crippen LogP contribution is 2.32. The first-order valence-corrected chi connectivity index (χ1v) is 32.7. The number of hydrogen-bond acceptors (Lipinski definition) is 7. The van der Waals surface area contributed by atoms with Crippen LogP contribution in [0, 0.1) is 0 Å². The fourth-order valence-electron chi connectivity index (χ4n) is 7.89. The molecule has 0 radical (unpaired) electrons. The Kier molecular flexibility index (Phi) is 24.0. The SMILES string of the molecule is CCCCCCCCOc1ccc(-c2ncc(Oc3cnc(-c4ccc(OCCCCCCCC)cc4)nc3CCCCCC[Si](C)(C)C)c(CCCCCC[Si](C)(C)C)n2)cc1. The van der Waals surface area contributed by atoms with Crippen LogP contribution in [-0.2, 0) is 12.8 Å². The average molecular weight is 895 g/mol. The van der Waals surface area contributed by atoms with Gasteiger partial charge in [-0.25, -0.2) is 19.9 Å². The summed E-state index contributed by atoms with van der Waals surface area (Å²) in [5.74, 6) is 4.60. The first-order valence-electron chi connectivity index (χ1n) is 25.3. The molecule has 4 rings (SSSR count). The molecule has 0 N–H and O–H groups in total. The summed E-state index contributed by atoms with van der Waals surface area (Å²) in [6.07, 6.45) is 30.0. The summed E-state index contributed by atoms with van der Waals surface area (Å²) >= 11 is 0. The van der Waals surface area contributed by atoms with Crippen LogP contribution < -0.4 is 14.2 Å². The van der Waals surface area contributed by atoms with Crippen molar-refractivity contribution in [2.45, 2.75) is 206 Å². The predicted octanol–water partition coefficient (Wildman–Crippen LogP) is 16.8.